The van der Waals surface area contributed by atoms with Gasteiger partial charge in [-0.25, -0.2) is 0 Å². The van der Waals surface area contributed by atoms with Crippen molar-refractivity contribution in [1.82, 2.24) is 0 Å². The number of benzene rings is 3. The standard InChI is InChI=1S/C20H19N/c1-16-8-6-7-11-20(16)21(2)19-14-12-18(13-15-19)17-9-4-3-5-10-17/h3-15H,1-2H3. The highest BCUT2D eigenvalue weighted by molar-refractivity contribution is 5.70. The molecule has 0 saturated carbocycles. The monoisotopic (exact) mass is 273 g/mol. The average Bonchev–Trinajstić information content (AvgIpc) is 2.56. The zero-order chi connectivity index (χ0) is 14.7. The van der Waals surface area contributed by atoms with Crippen molar-refractivity contribution in [3.05, 3.63) is 84.4 Å². The van der Waals surface area contributed by atoms with Crippen LogP contribution in [-0.2, 0) is 0 Å². The first-order valence-corrected chi connectivity index (χ1v) is 7.20. The Balaban J connectivity index is 1.89. The average molecular weight is 273 g/mol. The van der Waals surface area contributed by atoms with Gasteiger partial charge in [0.1, 0.15) is 0 Å². The van der Waals surface area contributed by atoms with E-state index in [0.717, 1.165) is 0 Å². The lowest BCUT2D eigenvalue weighted by molar-refractivity contribution is 1.19. The molecule has 0 aromatic heterocycles. The van der Waals surface area contributed by atoms with Crippen molar-refractivity contribution in [2.24, 2.45) is 0 Å². The van der Waals surface area contributed by atoms with E-state index in [2.05, 4.69) is 91.7 Å². The van der Waals surface area contributed by atoms with Crippen LogP contribution < -0.4 is 4.90 Å². The van der Waals surface area contributed by atoms with E-state index in [1.54, 1.807) is 0 Å². The summed E-state index contributed by atoms with van der Waals surface area (Å²) in [6, 6.07) is 27.6. The molecule has 0 aliphatic heterocycles. The minimum Gasteiger partial charge on any atom is -0.344 e. The molecule has 0 radical (unpaired) electrons. The SMILES string of the molecule is Cc1ccccc1N(C)c1ccc(-c2ccccc2)cc1. The predicted molar refractivity (Wildman–Crippen MR) is 91.1 cm³/mol. The van der Waals surface area contributed by atoms with Gasteiger partial charge >= 0.3 is 0 Å². The second kappa shape index (κ2) is 5.84. The Labute approximate surface area is 126 Å². The highest BCUT2D eigenvalue weighted by Crippen LogP contribution is 2.28. The van der Waals surface area contributed by atoms with Gasteiger partial charge in [0.2, 0.25) is 0 Å². The molecule has 0 heterocycles. The van der Waals surface area contributed by atoms with Crippen LogP contribution in [0.5, 0.6) is 0 Å². The highest BCUT2D eigenvalue weighted by atomic mass is 15.1. The van der Waals surface area contributed by atoms with Crippen LogP contribution in [0.3, 0.4) is 0 Å². The third kappa shape index (κ3) is 2.82. The van der Waals surface area contributed by atoms with Gasteiger partial charge in [-0.15, -0.1) is 0 Å². The van der Waals surface area contributed by atoms with Gasteiger partial charge in [0.15, 0.2) is 0 Å². The van der Waals surface area contributed by atoms with E-state index >= 15 is 0 Å². The molecule has 0 amide bonds. The fourth-order valence-electron chi connectivity index (χ4n) is 2.59. The van der Waals surface area contributed by atoms with Gasteiger partial charge in [0.25, 0.3) is 0 Å². The van der Waals surface area contributed by atoms with Gasteiger partial charge in [-0.1, -0.05) is 60.7 Å². The van der Waals surface area contributed by atoms with Crippen molar-refractivity contribution in [1.29, 1.82) is 0 Å². The van der Waals surface area contributed by atoms with Gasteiger partial charge in [0, 0.05) is 18.4 Å². The molecule has 1 heteroatoms. The van der Waals surface area contributed by atoms with E-state index in [9.17, 15) is 0 Å². The maximum absolute atomic E-state index is 2.23. The summed E-state index contributed by atoms with van der Waals surface area (Å²) >= 11 is 0. The summed E-state index contributed by atoms with van der Waals surface area (Å²) in [5.41, 5.74) is 6.22. The summed E-state index contributed by atoms with van der Waals surface area (Å²) in [5, 5.41) is 0. The molecule has 0 saturated heterocycles. The largest absolute Gasteiger partial charge is 0.344 e. The number of rotatable bonds is 3. The first kappa shape index (κ1) is 13.4. The molecule has 3 aromatic carbocycles. The smallest absolute Gasteiger partial charge is 0.0437 e. The van der Waals surface area contributed by atoms with Crippen LogP contribution in [0.25, 0.3) is 11.1 Å². The Hall–Kier alpha value is -2.54. The van der Waals surface area contributed by atoms with Crippen LogP contribution in [0, 0.1) is 6.92 Å². The van der Waals surface area contributed by atoms with Crippen LogP contribution in [0.1, 0.15) is 5.56 Å². The van der Waals surface area contributed by atoms with E-state index in [0.29, 0.717) is 0 Å². The Bertz CT molecular complexity index is 714. The topological polar surface area (TPSA) is 3.24 Å². The summed E-state index contributed by atoms with van der Waals surface area (Å²) in [6.07, 6.45) is 0. The molecule has 0 aliphatic rings. The molecular formula is C20H19N. The summed E-state index contributed by atoms with van der Waals surface area (Å²) in [6.45, 7) is 2.14. The molecule has 3 aromatic rings. The van der Waals surface area contributed by atoms with E-state index < -0.39 is 0 Å². The molecule has 0 N–H and O–H groups in total. The lowest BCUT2D eigenvalue weighted by atomic mass is 10.1. The van der Waals surface area contributed by atoms with Crippen molar-refractivity contribution in [2.45, 2.75) is 6.92 Å². The molecular weight excluding hydrogens is 254 g/mol. The zero-order valence-electron chi connectivity index (χ0n) is 12.5. The van der Waals surface area contributed by atoms with E-state index in [1.165, 1.54) is 28.1 Å². The van der Waals surface area contributed by atoms with Gasteiger partial charge in [0.05, 0.1) is 0 Å². The normalized spacial score (nSPS) is 10.4. The Kier molecular flexibility index (Phi) is 3.74. The second-order valence-corrected chi connectivity index (χ2v) is 5.26. The molecule has 0 fully saturated rings. The summed E-state index contributed by atoms with van der Waals surface area (Å²) in [5.74, 6) is 0. The van der Waals surface area contributed by atoms with Crippen molar-refractivity contribution < 1.29 is 0 Å². The van der Waals surface area contributed by atoms with Crippen LogP contribution in [0.2, 0.25) is 0 Å². The lowest BCUT2D eigenvalue weighted by Crippen LogP contribution is -2.10. The van der Waals surface area contributed by atoms with Crippen molar-refractivity contribution >= 4 is 11.4 Å². The fraction of sp³-hybridized carbons (Fsp3) is 0.100. The second-order valence-electron chi connectivity index (χ2n) is 5.26. The molecule has 0 atom stereocenters. The quantitative estimate of drug-likeness (QED) is 0.615. The van der Waals surface area contributed by atoms with Crippen LogP contribution in [0.4, 0.5) is 11.4 Å². The van der Waals surface area contributed by atoms with Crippen molar-refractivity contribution in [3.8, 4) is 11.1 Å². The molecule has 3 rings (SSSR count). The van der Waals surface area contributed by atoms with Gasteiger partial charge in [-0.2, -0.15) is 0 Å². The Morgan fingerprint density at radius 2 is 1.19 bits per heavy atom. The molecule has 21 heavy (non-hydrogen) atoms. The minimum absolute atomic E-state index is 1.20. The molecule has 0 spiro atoms. The van der Waals surface area contributed by atoms with Crippen LogP contribution in [0.15, 0.2) is 78.9 Å². The summed E-state index contributed by atoms with van der Waals surface area (Å²) in [4.78, 5) is 2.23. The van der Waals surface area contributed by atoms with Gasteiger partial charge in [-0.3, -0.25) is 0 Å². The molecule has 1 nitrogen and oxygen atoms in total. The molecule has 0 aliphatic carbocycles. The number of nitrogens with zero attached hydrogens (tertiary/aromatic N) is 1. The Morgan fingerprint density at radius 1 is 0.619 bits per heavy atom. The predicted octanol–water partition coefficient (Wildman–Crippen LogP) is 5.43. The van der Waals surface area contributed by atoms with E-state index in [4.69, 9.17) is 0 Å². The maximum Gasteiger partial charge on any atom is 0.0437 e. The first-order valence-electron chi connectivity index (χ1n) is 7.20. The fourth-order valence-corrected chi connectivity index (χ4v) is 2.59. The minimum atomic E-state index is 1.20. The number of anilines is 2. The van der Waals surface area contributed by atoms with Crippen LogP contribution >= 0.6 is 0 Å². The van der Waals surface area contributed by atoms with E-state index in [-0.39, 0.29) is 0 Å². The first-order chi connectivity index (χ1) is 10.3. The number of para-hydroxylation sites is 1. The maximum atomic E-state index is 2.23. The van der Waals surface area contributed by atoms with Crippen molar-refractivity contribution in [2.75, 3.05) is 11.9 Å². The number of hydrogen-bond acceptors (Lipinski definition) is 1. The third-order valence-corrected chi connectivity index (χ3v) is 3.84. The molecule has 0 bridgehead atoms. The molecule has 104 valence electrons. The lowest BCUT2D eigenvalue weighted by Gasteiger charge is -2.21. The summed E-state index contributed by atoms with van der Waals surface area (Å²) in [7, 11) is 2.11. The van der Waals surface area contributed by atoms with E-state index in [1.807, 2.05) is 6.07 Å². The Morgan fingerprint density at radius 3 is 1.86 bits per heavy atom. The third-order valence-electron chi connectivity index (χ3n) is 3.84. The van der Waals surface area contributed by atoms with Gasteiger partial charge in [-0.05, 0) is 41.8 Å². The van der Waals surface area contributed by atoms with Gasteiger partial charge < -0.3 is 4.90 Å². The van der Waals surface area contributed by atoms with Crippen molar-refractivity contribution in [3.63, 3.8) is 0 Å². The number of hydrogen-bond donors (Lipinski definition) is 0. The highest BCUT2D eigenvalue weighted by Gasteiger charge is 2.06. The number of aryl methyl sites for hydroxylation is 1. The van der Waals surface area contributed by atoms with Crippen LogP contribution in [-0.4, -0.2) is 7.05 Å². The summed E-state index contributed by atoms with van der Waals surface area (Å²) < 4.78 is 0. The zero-order valence-corrected chi connectivity index (χ0v) is 12.5. The molecule has 0 unspecified atom stereocenters.